The standard InChI is InChI=1S/C18H25N5O/c1-18(2,3)17(24)23-6-4-5-13(12-23)7-15-10-19-11-16(22-15)14-8-20-21-9-14/h8-11,13H,4-7,12H2,1-3H3,(H,20,21)/t13-/m1/s1. The zero-order chi connectivity index (χ0) is 17.2. The molecule has 0 unspecified atom stereocenters. The molecule has 3 rings (SSSR count). The number of carbonyl (C=O) groups excluding carboxylic acids is 1. The normalized spacial score (nSPS) is 18.6. The highest BCUT2D eigenvalue weighted by Crippen LogP contribution is 2.25. The number of H-pyrrole nitrogens is 1. The third-order valence-electron chi connectivity index (χ3n) is 4.42. The topological polar surface area (TPSA) is 74.8 Å². The maximum absolute atomic E-state index is 12.5. The van der Waals surface area contributed by atoms with Crippen molar-refractivity contribution >= 4 is 5.91 Å². The van der Waals surface area contributed by atoms with Gasteiger partial charge < -0.3 is 4.90 Å². The van der Waals surface area contributed by atoms with E-state index in [1.807, 2.05) is 38.1 Å². The lowest BCUT2D eigenvalue weighted by Gasteiger charge is -2.36. The molecule has 128 valence electrons. The molecule has 1 aliphatic rings. The number of aromatic nitrogens is 4. The van der Waals surface area contributed by atoms with Crippen LogP contribution >= 0.6 is 0 Å². The fraction of sp³-hybridized carbons (Fsp3) is 0.556. The van der Waals surface area contributed by atoms with E-state index in [2.05, 4.69) is 15.2 Å². The average Bonchev–Trinajstić information content (AvgIpc) is 3.08. The Kier molecular flexibility index (Phi) is 4.64. The molecular weight excluding hydrogens is 302 g/mol. The van der Waals surface area contributed by atoms with Gasteiger partial charge in [-0.2, -0.15) is 5.10 Å². The van der Waals surface area contributed by atoms with Gasteiger partial charge in [-0.3, -0.25) is 14.9 Å². The SMILES string of the molecule is CC(C)(C)C(=O)N1CCC[C@H](Cc2cncc(-c3cn[nH]c3)n2)C1. The van der Waals surface area contributed by atoms with Crippen molar-refractivity contribution in [2.75, 3.05) is 13.1 Å². The molecular formula is C18H25N5O. The summed E-state index contributed by atoms with van der Waals surface area (Å²) >= 11 is 0. The van der Waals surface area contributed by atoms with Crippen LogP contribution in [0.25, 0.3) is 11.3 Å². The minimum absolute atomic E-state index is 0.241. The second kappa shape index (κ2) is 6.71. The number of likely N-dealkylation sites (tertiary alicyclic amines) is 1. The molecule has 2 aromatic heterocycles. The Hall–Kier alpha value is -2.24. The fourth-order valence-electron chi connectivity index (χ4n) is 3.22. The molecule has 0 saturated carbocycles. The number of nitrogens with one attached hydrogen (secondary N) is 1. The molecule has 0 radical (unpaired) electrons. The van der Waals surface area contributed by atoms with Gasteiger partial charge in [-0.25, -0.2) is 4.98 Å². The van der Waals surface area contributed by atoms with Gasteiger partial charge in [0, 0.05) is 36.5 Å². The zero-order valence-electron chi connectivity index (χ0n) is 14.6. The predicted molar refractivity (Wildman–Crippen MR) is 92.1 cm³/mol. The third-order valence-corrected chi connectivity index (χ3v) is 4.42. The summed E-state index contributed by atoms with van der Waals surface area (Å²) in [5, 5.41) is 6.76. The third kappa shape index (κ3) is 3.80. The maximum Gasteiger partial charge on any atom is 0.227 e. The van der Waals surface area contributed by atoms with Crippen molar-refractivity contribution in [1.29, 1.82) is 0 Å². The van der Waals surface area contributed by atoms with Crippen LogP contribution in [0, 0.1) is 11.3 Å². The zero-order valence-corrected chi connectivity index (χ0v) is 14.6. The molecule has 24 heavy (non-hydrogen) atoms. The highest BCUT2D eigenvalue weighted by atomic mass is 16.2. The number of aromatic amines is 1. The van der Waals surface area contributed by atoms with Crippen LogP contribution in [0.15, 0.2) is 24.8 Å². The highest BCUT2D eigenvalue weighted by molar-refractivity contribution is 5.81. The molecule has 6 heteroatoms. The largest absolute Gasteiger partial charge is 0.342 e. The molecule has 1 aliphatic heterocycles. The Morgan fingerprint density at radius 1 is 1.33 bits per heavy atom. The van der Waals surface area contributed by atoms with Crippen molar-refractivity contribution in [3.63, 3.8) is 0 Å². The van der Waals surface area contributed by atoms with Crippen molar-refractivity contribution in [2.24, 2.45) is 11.3 Å². The average molecular weight is 327 g/mol. The second-order valence-corrected chi connectivity index (χ2v) is 7.60. The minimum atomic E-state index is -0.317. The second-order valence-electron chi connectivity index (χ2n) is 7.60. The Morgan fingerprint density at radius 2 is 2.17 bits per heavy atom. The summed E-state index contributed by atoms with van der Waals surface area (Å²) in [6, 6.07) is 0. The van der Waals surface area contributed by atoms with E-state index >= 15 is 0 Å². The van der Waals surface area contributed by atoms with E-state index in [0.717, 1.165) is 49.3 Å². The number of hydrogen-bond acceptors (Lipinski definition) is 4. The van der Waals surface area contributed by atoms with Crippen molar-refractivity contribution < 1.29 is 4.79 Å². The number of carbonyl (C=O) groups is 1. The number of amides is 1. The van der Waals surface area contributed by atoms with Crippen molar-refractivity contribution in [1.82, 2.24) is 25.1 Å². The molecule has 1 atom stereocenters. The Labute approximate surface area is 142 Å². The van der Waals surface area contributed by atoms with Gasteiger partial charge in [0.15, 0.2) is 0 Å². The summed E-state index contributed by atoms with van der Waals surface area (Å²) < 4.78 is 0. The van der Waals surface area contributed by atoms with E-state index in [1.165, 1.54) is 0 Å². The first-order valence-corrected chi connectivity index (χ1v) is 8.53. The van der Waals surface area contributed by atoms with E-state index in [1.54, 1.807) is 12.4 Å². The smallest absolute Gasteiger partial charge is 0.227 e. The summed E-state index contributed by atoms with van der Waals surface area (Å²) in [5.41, 5.74) is 2.43. The van der Waals surface area contributed by atoms with Crippen molar-refractivity contribution in [2.45, 2.75) is 40.0 Å². The van der Waals surface area contributed by atoms with Gasteiger partial charge in [-0.05, 0) is 25.2 Å². The van der Waals surface area contributed by atoms with Crippen molar-refractivity contribution in [3.8, 4) is 11.3 Å². The Bertz CT molecular complexity index is 690. The van der Waals surface area contributed by atoms with Crippen LogP contribution in [0.4, 0.5) is 0 Å². The van der Waals surface area contributed by atoms with Gasteiger partial charge in [0.2, 0.25) is 5.91 Å². The van der Waals surface area contributed by atoms with Gasteiger partial charge in [0.25, 0.3) is 0 Å². The van der Waals surface area contributed by atoms with E-state index in [-0.39, 0.29) is 11.3 Å². The van der Waals surface area contributed by atoms with Crippen LogP contribution in [0.3, 0.4) is 0 Å². The van der Waals surface area contributed by atoms with E-state index in [0.29, 0.717) is 5.92 Å². The first kappa shape index (κ1) is 16.6. The van der Waals surface area contributed by atoms with E-state index < -0.39 is 0 Å². The molecule has 2 aromatic rings. The van der Waals surface area contributed by atoms with Crippen LogP contribution in [0.2, 0.25) is 0 Å². The number of nitrogens with zero attached hydrogens (tertiary/aromatic N) is 4. The molecule has 0 aliphatic carbocycles. The van der Waals surface area contributed by atoms with Gasteiger partial charge in [0.05, 0.1) is 23.8 Å². The molecule has 6 nitrogen and oxygen atoms in total. The lowest BCUT2D eigenvalue weighted by atomic mass is 9.89. The Balaban J connectivity index is 1.68. The number of rotatable bonds is 3. The molecule has 1 fully saturated rings. The summed E-state index contributed by atoms with van der Waals surface area (Å²) in [6.45, 7) is 7.64. The van der Waals surface area contributed by atoms with Crippen molar-refractivity contribution in [3.05, 3.63) is 30.5 Å². The first-order chi connectivity index (χ1) is 11.4. The molecule has 0 aromatic carbocycles. The van der Waals surface area contributed by atoms with E-state index in [4.69, 9.17) is 4.98 Å². The highest BCUT2D eigenvalue weighted by Gasteiger charge is 2.31. The molecule has 3 heterocycles. The summed E-state index contributed by atoms with van der Waals surface area (Å²) in [4.78, 5) is 23.5. The molecule has 0 spiro atoms. The minimum Gasteiger partial charge on any atom is -0.342 e. The summed E-state index contributed by atoms with van der Waals surface area (Å²) in [7, 11) is 0. The lowest BCUT2D eigenvalue weighted by molar-refractivity contribution is -0.141. The molecule has 1 N–H and O–H groups in total. The predicted octanol–water partition coefficient (Wildman–Crippen LogP) is 2.69. The quantitative estimate of drug-likeness (QED) is 0.940. The summed E-state index contributed by atoms with van der Waals surface area (Å²) in [6.07, 6.45) is 10.2. The van der Waals surface area contributed by atoms with E-state index in [9.17, 15) is 4.79 Å². The number of hydrogen-bond donors (Lipinski definition) is 1. The van der Waals surface area contributed by atoms with Crippen LogP contribution in [-0.2, 0) is 11.2 Å². The summed E-state index contributed by atoms with van der Waals surface area (Å²) in [5.74, 6) is 0.685. The first-order valence-electron chi connectivity index (χ1n) is 8.53. The van der Waals surface area contributed by atoms with Crippen LogP contribution < -0.4 is 0 Å². The molecule has 1 saturated heterocycles. The number of piperidine rings is 1. The van der Waals surface area contributed by atoms with Gasteiger partial charge in [-0.1, -0.05) is 20.8 Å². The van der Waals surface area contributed by atoms with Crippen LogP contribution in [0.5, 0.6) is 0 Å². The monoisotopic (exact) mass is 327 g/mol. The van der Waals surface area contributed by atoms with Crippen LogP contribution in [-0.4, -0.2) is 44.1 Å². The van der Waals surface area contributed by atoms with Gasteiger partial charge in [-0.15, -0.1) is 0 Å². The van der Waals surface area contributed by atoms with Gasteiger partial charge >= 0.3 is 0 Å². The lowest BCUT2D eigenvalue weighted by Crippen LogP contribution is -2.45. The maximum atomic E-state index is 12.5. The van der Waals surface area contributed by atoms with Gasteiger partial charge in [0.1, 0.15) is 0 Å². The fourth-order valence-corrected chi connectivity index (χ4v) is 3.22. The Morgan fingerprint density at radius 3 is 2.88 bits per heavy atom. The van der Waals surface area contributed by atoms with Crippen LogP contribution in [0.1, 0.15) is 39.3 Å². The molecule has 0 bridgehead atoms. The molecule has 1 amide bonds.